The number of imidazole rings is 1. The molecule has 0 bridgehead atoms. The quantitative estimate of drug-likeness (QED) is 0.319. The number of hydrogen-bond acceptors (Lipinski definition) is 3. The molecule has 164 valence electrons. The van der Waals surface area contributed by atoms with Crippen molar-refractivity contribution in [3.05, 3.63) is 126 Å². The number of likely N-dealkylation sites (tertiary alicyclic amines) is 1. The van der Waals surface area contributed by atoms with E-state index in [1.807, 2.05) is 30.7 Å². The highest BCUT2D eigenvalue weighted by atomic mass is 16.2. The first kappa shape index (κ1) is 20.9. The van der Waals surface area contributed by atoms with Gasteiger partial charge in [-0.05, 0) is 16.7 Å². The summed E-state index contributed by atoms with van der Waals surface area (Å²) >= 11 is 0. The van der Waals surface area contributed by atoms with Crippen molar-refractivity contribution in [2.75, 3.05) is 6.54 Å². The third-order valence-corrected chi connectivity index (χ3v) is 6.34. The van der Waals surface area contributed by atoms with Crippen LogP contribution < -0.4 is 0 Å². The summed E-state index contributed by atoms with van der Waals surface area (Å²) < 4.78 is 2.15. The van der Waals surface area contributed by atoms with Gasteiger partial charge in [-0.1, -0.05) is 91.0 Å². The van der Waals surface area contributed by atoms with Crippen molar-refractivity contribution in [1.82, 2.24) is 14.5 Å². The van der Waals surface area contributed by atoms with E-state index < -0.39 is 5.54 Å². The molecule has 5 nitrogen and oxygen atoms in total. The van der Waals surface area contributed by atoms with E-state index in [0.29, 0.717) is 25.8 Å². The third kappa shape index (κ3) is 3.76. The summed E-state index contributed by atoms with van der Waals surface area (Å²) in [6.07, 6.45) is 5.05. The average molecular weight is 436 g/mol. The fourth-order valence-corrected chi connectivity index (χ4v) is 4.76. The molecule has 1 aromatic heterocycles. The van der Waals surface area contributed by atoms with E-state index in [9.17, 15) is 9.59 Å². The van der Waals surface area contributed by atoms with Crippen LogP contribution in [0.25, 0.3) is 0 Å². The molecule has 0 saturated carbocycles. The first-order valence-corrected chi connectivity index (χ1v) is 11.2. The Balaban J connectivity index is 1.61. The van der Waals surface area contributed by atoms with Crippen molar-refractivity contribution in [2.45, 2.75) is 24.8 Å². The lowest BCUT2D eigenvalue weighted by Gasteiger charge is -2.37. The van der Waals surface area contributed by atoms with Crippen molar-refractivity contribution in [3.63, 3.8) is 0 Å². The molecule has 1 aliphatic rings. The predicted molar refractivity (Wildman–Crippen MR) is 126 cm³/mol. The average Bonchev–Trinajstić information content (AvgIpc) is 3.47. The van der Waals surface area contributed by atoms with Crippen LogP contribution in [0.3, 0.4) is 0 Å². The first-order chi connectivity index (χ1) is 16.2. The van der Waals surface area contributed by atoms with E-state index in [-0.39, 0.29) is 11.8 Å². The summed E-state index contributed by atoms with van der Waals surface area (Å²) in [6.45, 7) is 0.365. The van der Waals surface area contributed by atoms with Crippen LogP contribution in [0.2, 0.25) is 0 Å². The van der Waals surface area contributed by atoms with Crippen molar-refractivity contribution in [3.8, 4) is 0 Å². The summed E-state index contributed by atoms with van der Waals surface area (Å²) in [5.41, 5.74) is 3.59. The lowest BCUT2D eigenvalue weighted by atomic mass is 9.77. The van der Waals surface area contributed by atoms with Crippen molar-refractivity contribution in [1.29, 1.82) is 0 Å². The van der Waals surface area contributed by atoms with Crippen LogP contribution in [0.4, 0.5) is 0 Å². The zero-order valence-corrected chi connectivity index (χ0v) is 18.3. The Labute approximate surface area is 193 Å². The number of nitrogens with zero attached hydrogens (tertiary/aromatic N) is 3. The highest BCUT2D eigenvalue weighted by Gasteiger charge is 2.38. The number of carbonyl (C=O) groups is 2. The summed E-state index contributed by atoms with van der Waals surface area (Å²) in [5.74, 6) is -0.182. The van der Waals surface area contributed by atoms with Gasteiger partial charge >= 0.3 is 0 Å². The minimum absolute atomic E-state index is 0.0911. The molecule has 1 aliphatic heterocycles. The fraction of sp³-hybridized carbons (Fsp3) is 0.179. The molecule has 5 rings (SSSR count). The summed E-state index contributed by atoms with van der Waals surface area (Å²) in [4.78, 5) is 30.1. The molecule has 0 aliphatic carbocycles. The van der Waals surface area contributed by atoms with Crippen LogP contribution in [-0.4, -0.2) is 32.8 Å². The van der Waals surface area contributed by atoms with E-state index in [4.69, 9.17) is 0 Å². The molecule has 1 fully saturated rings. The number of benzene rings is 3. The Morgan fingerprint density at radius 1 is 0.697 bits per heavy atom. The van der Waals surface area contributed by atoms with Gasteiger partial charge in [0.05, 0.1) is 12.0 Å². The van der Waals surface area contributed by atoms with Gasteiger partial charge in [0, 0.05) is 32.0 Å². The molecule has 0 unspecified atom stereocenters. The standard InChI is InChI=1S/C28H25N3O2/c32-26-16-17-27(33)31(26)19-18-25-20-30(21-29-25)28(22-10-4-1-5-11-22,23-12-6-2-7-13-23)24-14-8-3-9-15-24/h1-15,20-21H,16-19H2. The molecule has 1 saturated heterocycles. The number of imide groups is 1. The van der Waals surface area contributed by atoms with Crippen LogP contribution in [0.15, 0.2) is 104 Å². The molecular weight excluding hydrogens is 410 g/mol. The van der Waals surface area contributed by atoms with E-state index in [1.165, 1.54) is 4.90 Å². The minimum Gasteiger partial charge on any atom is -0.319 e. The SMILES string of the molecule is O=C1CCC(=O)N1CCc1cn(C(c2ccccc2)(c2ccccc2)c2ccccc2)cn1. The maximum absolute atomic E-state index is 12.0. The minimum atomic E-state index is -0.617. The zero-order chi connectivity index (χ0) is 22.7. The van der Waals surface area contributed by atoms with Crippen LogP contribution in [-0.2, 0) is 21.5 Å². The number of carbonyl (C=O) groups excluding carboxylic acids is 2. The monoisotopic (exact) mass is 435 g/mol. The Morgan fingerprint density at radius 3 is 1.61 bits per heavy atom. The van der Waals surface area contributed by atoms with E-state index in [0.717, 1.165) is 22.4 Å². The lowest BCUT2D eigenvalue weighted by molar-refractivity contribution is -0.138. The molecule has 2 heterocycles. The van der Waals surface area contributed by atoms with Gasteiger partial charge < -0.3 is 4.57 Å². The first-order valence-electron chi connectivity index (χ1n) is 11.2. The van der Waals surface area contributed by atoms with Gasteiger partial charge in [0.15, 0.2) is 0 Å². The smallest absolute Gasteiger partial charge is 0.229 e. The molecule has 0 spiro atoms. The van der Waals surface area contributed by atoms with E-state index in [1.54, 1.807) is 0 Å². The molecule has 0 radical (unpaired) electrons. The van der Waals surface area contributed by atoms with Crippen LogP contribution in [0, 0.1) is 0 Å². The molecule has 0 atom stereocenters. The second-order valence-electron chi connectivity index (χ2n) is 8.27. The normalized spacial score (nSPS) is 14.1. The molecule has 33 heavy (non-hydrogen) atoms. The zero-order valence-electron chi connectivity index (χ0n) is 18.3. The Hall–Kier alpha value is -3.99. The molecule has 5 heteroatoms. The molecule has 2 amide bonds. The number of amides is 2. The number of aromatic nitrogens is 2. The van der Waals surface area contributed by atoms with Gasteiger partial charge in [-0.2, -0.15) is 0 Å². The van der Waals surface area contributed by atoms with Crippen molar-refractivity contribution >= 4 is 11.8 Å². The van der Waals surface area contributed by atoms with Gasteiger partial charge in [0.1, 0.15) is 5.54 Å². The van der Waals surface area contributed by atoms with Crippen LogP contribution in [0.5, 0.6) is 0 Å². The second kappa shape index (κ2) is 8.87. The molecule has 4 aromatic rings. The molecule has 0 N–H and O–H groups in total. The fourth-order valence-electron chi connectivity index (χ4n) is 4.76. The van der Waals surface area contributed by atoms with Gasteiger partial charge in [-0.3, -0.25) is 14.5 Å². The Kier molecular flexibility index (Phi) is 5.61. The largest absolute Gasteiger partial charge is 0.319 e. The van der Waals surface area contributed by atoms with Gasteiger partial charge in [-0.25, -0.2) is 4.98 Å². The topological polar surface area (TPSA) is 55.2 Å². The van der Waals surface area contributed by atoms with Gasteiger partial charge in [-0.15, -0.1) is 0 Å². The Morgan fingerprint density at radius 2 is 1.15 bits per heavy atom. The Bertz CT molecular complexity index is 1140. The van der Waals surface area contributed by atoms with Crippen LogP contribution in [0.1, 0.15) is 35.2 Å². The number of rotatable bonds is 7. The maximum atomic E-state index is 12.0. The predicted octanol–water partition coefficient (Wildman–Crippen LogP) is 4.41. The highest BCUT2D eigenvalue weighted by molar-refractivity contribution is 6.01. The third-order valence-electron chi connectivity index (χ3n) is 6.34. The lowest BCUT2D eigenvalue weighted by Crippen LogP contribution is -2.37. The molecular formula is C28H25N3O2. The summed E-state index contributed by atoms with van der Waals surface area (Å²) in [6, 6.07) is 31.2. The summed E-state index contributed by atoms with van der Waals surface area (Å²) in [7, 11) is 0. The summed E-state index contributed by atoms with van der Waals surface area (Å²) in [5, 5.41) is 0. The number of hydrogen-bond donors (Lipinski definition) is 0. The van der Waals surface area contributed by atoms with Gasteiger partial charge in [0.2, 0.25) is 11.8 Å². The van der Waals surface area contributed by atoms with Crippen molar-refractivity contribution < 1.29 is 9.59 Å². The highest BCUT2D eigenvalue weighted by Crippen LogP contribution is 2.40. The van der Waals surface area contributed by atoms with Gasteiger partial charge in [0.25, 0.3) is 0 Å². The molecule has 3 aromatic carbocycles. The van der Waals surface area contributed by atoms with E-state index in [2.05, 4.69) is 82.3 Å². The maximum Gasteiger partial charge on any atom is 0.229 e. The second-order valence-corrected chi connectivity index (χ2v) is 8.27. The van der Waals surface area contributed by atoms with Crippen LogP contribution >= 0.6 is 0 Å². The van der Waals surface area contributed by atoms with Crippen molar-refractivity contribution in [2.24, 2.45) is 0 Å². The van der Waals surface area contributed by atoms with E-state index >= 15 is 0 Å².